The molecular weight excluding hydrogens is 708 g/mol. The first kappa shape index (κ1) is 38.8. The van der Waals surface area contributed by atoms with E-state index in [1.807, 2.05) is 36.4 Å². The molecule has 0 aromatic heterocycles. The Labute approximate surface area is 304 Å². The van der Waals surface area contributed by atoms with Crippen molar-refractivity contribution in [2.24, 2.45) is 0 Å². The van der Waals surface area contributed by atoms with Crippen molar-refractivity contribution < 1.29 is 40.7 Å². The Hall–Kier alpha value is -4.39. The largest absolute Gasteiger partial charge is 0.416 e. The molecule has 276 valence electrons. The first-order valence-electron chi connectivity index (χ1n) is 16.8. The molecule has 2 aliphatic rings. The molecule has 6 nitrogen and oxygen atoms in total. The smallest absolute Gasteiger partial charge is 0.374 e. The summed E-state index contributed by atoms with van der Waals surface area (Å²) in [5.41, 5.74) is 2.38. The predicted molar refractivity (Wildman–Crippen MR) is 188 cm³/mol. The number of ether oxygens (including phenoxy) is 1. The number of halogens is 7. The number of alkyl halides is 6. The van der Waals surface area contributed by atoms with Crippen LogP contribution in [0, 0.1) is 0 Å². The van der Waals surface area contributed by atoms with Crippen molar-refractivity contribution in [1.29, 1.82) is 0 Å². The molecule has 0 saturated carbocycles. The van der Waals surface area contributed by atoms with Crippen LogP contribution in [0.5, 0.6) is 0 Å². The summed E-state index contributed by atoms with van der Waals surface area (Å²) in [5, 5.41) is 5.08. The molecule has 1 atom stereocenters. The second-order valence-corrected chi connectivity index (χ2v) is 12.9. The van der Waals surface area contributed by atoms with Gasteiger partial charge in [-0.05, 0) is 71.0 Å². The summed E-state index contributed by atoms with van der Waals surface area (Å²) >= 11 is 0. The van der Waals surface area contributed by atoms with Crippen LogP contribution in [-0.4, -0.2) is 68.3 Å². The van der Waals surface area contributed by atoms with E-state index in [0.29, 0.717) is 73.3 Å². The van der Waals surface area contributed by atoms with E-state index >= 15 is 0 Å². The summed E-state index contributed by atoms with van der Waals surface area (Å²) in [7, 11) is 0. The summed E-state index contributed by atoms with van der Waals surface area (Å²) in [4.78, 5) is 29.2. The van der Waals surface area contributed by atoms with E-state index < -0.39 is 35.8 Å². The summed E-state index contributed by atoms with van der Waals surface area (Å²) in [6, 6.07) is 26.1. The molecule has 1 fully saturated rings. The van der Waals surface area contributed by atoms with E-state index in [-0.39, 0.29) is 31.0 Å². The van der Waals surface area contributed by atoms with E-state index in [0.717, 1.165) is 23.3 Å². The lowest BCUT2D eigenvalue weighted by Crippen LogP contribution is -2.48. The first-order chi connectivity index (χ1) is 24.4. The maximum absolute atomic E-state index is 13.7. The molecule has 1 saturated heterocycles. The fourth-order valence-electron chi connectivity index (χ4n) is 7.19. The maximum Gasteiger partial charge on any atom is 0.416 e. The highest BCUT2D eigenvalue weighted by Gasteiger charge is 2.49. The number of carbonyl (C=O) groups excluding carboxylic acids is 2. The van der Waals surface area contributed by atoms with Crippen molar-refractivity contribution in [3.05, 3.63) is 119 Å². The average molecular weight is 746 g/mol. The minimum Gasteiger partial charge on any atom is -0.374 e. The second kappa shape index (κ2) is 16.1. The van der Waals surface area contributed by atoms with Crippen LogP contribution in [0.4, 0.5) is 26.3 Å². The standard InChI is InChI=1S/C39H37F6N3O3.ClH/c40-38(41,42)25-47-36(50)37(33-13-5-3-10-30(33)31-11-4-6-14-34(31)37)19-7-8-20-48-21-22-51-28(24-48)23-46-35(49)32-12-2-1-9-29(32)26-15-17-27(18-16-26)39(43,44)45;/h1-6,9-18,28H,7-8,19-25H2,(H,46,49)(H,47,50);1H. The van der Waals surface area contributed by atoms with Gasteiger partial charge in [0.2, 0.25) is 5.91 Å². The quantitative estimate of drug-likeness (QED) is 0.121. The Morgan fingerprint density at radius 2 is 1.37 bits per heavy atom. The molecule has 13 heteroatoms. The average Bonchev–Trinajstić information content (AvgIpc) is 3.41. The number of morpholine rings is 1. The van der Waals surface area contributed by atoms with Crippen LogP contribution in [0.2, 0.25) is 0 Å². The third-order valence-electron chi connectivity index (χ3n) is 9.59. The molecule has 2 amide bonds. The minimum atomic E-state index is -4.55. The lowest BCUT2D eigenvalue weighted by atomic mass is 9.73. The van der Waals surface area contributed by atoms with Gasteiger partial charge < -0.3 is 15.4 Å². The van der Waals surface area contributed by atoms with Crippen molar-refractivity contribution in [3.63, 3.8) is 0 Å². The number of nitrogens with zero attached hydrogens (tertiary/aromatic N) is 1. The van der Waals surface area contributed by atoms with Crippen LogP contribution < -0.4 is 10.6 Å². The number of carbonyl (C=O) groups is 2. The lowest BCUT2D eigenvalue weighted by Gasteiger charge is -2.34. The van der Waals surface area contributed by atoms with E-state index in [2.05, 4.69) is 15.5 Å². The van der Waals surface area contributed by atoms with Crippen LogP contribution >= 0.6 is 12.4 Å². The predicted octanol–water partition coefficient (Wildman–Crippen LogP) is 8.04. The molecule has 52 heavy (non-hydrogen) atoms. The van der Waals surface area contributed by atoms with Crippen LogP contribution in [0.15, 0.2) is 97.1 Å². The van der Waals surface area contributed by atoms with Gasteiger partial charge in [-0.2, -0.15) is 26.3 Å². The zero-order valence-electron chi connectivity index (χ0n) is 28.0. The Morgan fingerprint density at radius 1 is 0.769 bits per heavy atom. The fraction of sp³-hybridized carbons (Fsp3) is 0.333. The van der Waals surface area contributed by atoms with Crippen molar-refractivity contribution in [3.8, 4) is 22.3 Å². The van der Waals surface area contributed by atoms with Crippen LogP contribution in [-0.2, 0) is 21.1 Å². The molecule has 1 heterocycles. The Bertz CT molecular complexity index is 1820. The Kier molecular flexibility index (Phi) is 12.0. The van der Waals surface area contributed by atoms with Crippen molar-refractivity contribution in [2.45, 2.75) is 43.1 Å². The van der Waals surface area contributed by atoms with Gasteiger partial charge in [0, 0.05) is 25.2 Å². The third-order valence-corrected chi connectivity index (χ3v) is 9.59. The van der Waals surface area contributed by atoms with Gasteiger partial charge in [0.25, 0.3) is 5.91 Å². The van der Waals surface area contributed by atoms with E-state index in [9.17, 15) is 35.9 Å². The highest BCUT2D eigenvalue weighted by atomic mass is 35.5. The van der Waals surface area contributed by atoms with Gasteiger partial charge in [0.1, 0.15) is 12.0 Å². The number of amides is 2. The topological polar surface area (TPSA) is 70.7 Å². The molecule has 1 aliphatic heterocycles. The zero-order valence-corrected chi connectivity index (χ0v) is 28.8. The molecule has 1 aliphatic carbocycles. The Balaban J connectivity index is 0.00000523. The maximum atomic E-state index is 13.7. The molecular formula is C39H38ClF6N3O3. The third kappa shape index (κ3) is 8.46. The monoisotopic (exact) mass is 745 g/mol. The summed E-state index contributed by atoms with van der Waals surface area (Å²) < 4.78 is 84.7. The van der Waals surface area contributed by atoms with Crippen molar-refractivity contribution in [1.82, 2.24) is 15.5 Å². The number of hydrogen-bond donors (Lipinski definition) is 2. The number of rotatable bonds is 11. The number of nitrogens with one attached hydrogen (secondary N) is 2. The van der Waals surface area contributed by atoms with Crippen LogP contribution in [0.25, 0.3) is 22.3 Å². The molecule has 0 spiro atoms. The molecule has 0 bridgehead atoms. The van der Waals surface area contributed by atoms with Gasteiger partial charge >= 0.3 is 12.4 Å². The lowest BCUT2D eigenvalue weighted by molar-refractivity contribution is -0.141. The fourth-order valence-corrected chi connectivity index (χ4v) is 7.19. The number of unbranched alkanes of at least 4 members (excludes halogenated alkanes) is 1. The van der Waals surface area contributed by atoms with Crippen molar-refractivity contribution in [2.75, 3.05) is 39.3 Å². The molecule has 4 aromatic carbocycles. The van der Waals surface area contributed by atoms with Crippen molar-refractivity contribution >= 4 is 24.2 Å². The van der Waals surface area contributed by atoms with Gasteiger partial charge in [-0.15, -0.1) is 12.4 Å². The number of hydrogen-bond acceptors (Lipinski definition) is 4. The SMILES string of the molecule is Cl.O=C(NCC1CN(CCCCC2(C(=O)NCC(F)(F)F)c3ccccc3-c3ccccc32)CCO1)c1ccccc1-c1ccc(C(F)(F)F)cc1. The molecule has 2 N–H and O–H groups in total. The summed E-state index contributed by atoms with van der Waals surface area (Å²) in [5.74, 6) is -1.04. The van der Waals surface area contributed by atoms with Gasteiger partial charge in [0.15, 0.2) is 0 Å². The normalized spacial score (nSPS) is 16.7. The highest BCUT2D eigenvalue weighted by molar-refractivity contribution is 6.01. The number of benzene rings is 4. The first-order valence-corrected chi connectivity index (χ1v) is 16.8. The summed E-state index contributed by atoms with van der Waals surface area (Å²) in [6.45, 7) is 1.09. The molecule has 0 radical (unpaired) electrons. The van der Waals surface area contributed by atoms with E-state index in [1.165, 1.54) is 12.1 Å². The van der Waals surface area contributed by atoms with Gasteiger partial charge in [0.05, 0.1) is 18.3 Å². The molecule has 1 unspecified atom stereocenters. The van der Waals surface area contributed by atoms with E-state index in [4.69, 9.17) is 4.74 Å². The van der Waals surface area contributed by atoms with Crippen LogP contribution in [0.3, 0.4) is 0 Å². The molecule has 4 aromatic rings. The van der Waals surface area contributed by atoms with Gasteiger partial charge in [-0.1, -0.05) is 85.3 Å². The summed E-state index contributed by atoms with van der Waals surface area (Å²) in [6.07, 6.45) is -7.74. The Morgan fingerprint density at radius 3 is 1.98 bits per heavy atom. The highest BCUT2D eigenvalue weighted by Crippen LogP contribution is 2.51. The van der Waals surface area contributed by atoms with E-state index in [1.54, 1.807) is 36.4 Å². The second-order valence-electron chi connectivity index (χ2n) is 12.9. The minimum absolute atomic E-state index is 0. The number of fused-ring (bicyclic) bond motifs is 3. The van der Waals surface area contributed by atoms with Gasteiger partial charge in [-0.25, -0.2) is 0 Å². The van der Waals surface area contributed by atoms with Crippen LogP contribution in [0.1, 0.15) is 46.3 Å². The molecule has 6 rings (SSSR count). The van der Waals surface area contributed by atoms with Gasteiger partial charge in [-0.3, -0.25) is 14.5 Å². The zero-order chi connectivity index (χ0) is 36.2.